The van der Waals surface area contributed by atoms with Crippen LogP contribution in [-0.2, 0) is 4.74 Å². The second-order valence-corrected chi connectivity index (χ2v) is 6.32. The number of carbonyl (C=O) groups excluding carboxylic acids is 2. The first-order chi connectivity index (χ1) is 13.5. The van der Waals surface area contributed by atoms with Gasteiger partial charge in [0.15, 0.2) is 0 Å². The van der Waals surface area contributed by atoms with Gasteiger partial charge in [-0.3, -0.25) is 4.79 Å². The van der Waals surface area contributed by atoms with Gasteiger partial charge in [0.25, 0.3) is 5.91 Å². The summed E-state index contributed by atoms with van der Waals surface area (Å²) in [6, 6.07) is 19.8. The number of methoxy groups -OCH3 is 1. The summed E-state index contributed by atoms with van der Waals surface area (Å²) < 4.78 is 4.78. The molecule has 0 bridgehead atoms. The van der Waals surface area contributed by atoms with Crippen LogP contribution in [0.15, 0.2) is 66.7 Å². The van der Waals surface area contributed by atoms with Crippen molar-refractivity contribution in [2.24, 2.45) is 0 Å². The van der Waals surface area contributed by atoms with Gasteiger partial charge in [-0.15, -0.1) is 6.42 Å². The summed E-state index contributed by atoms with van der Waals surface area (Å²) in [5, 5.41) is 2.97. The number of ether oxygens (including phenoxy) is 1. The first kappa shape index (κ1) is 19.2. The van der Waals surface area contributed by atoms with Crippen molar-refractivity contribution in [1.82, 2.24) is 0 Å². The Morgan fingerprint density at radius 3 is 2.39 bits per heavy atom. The van der Waals surface area contributed by atoms with E-state index in [2.05, 4.69) is 11.2 Å². The number of benzene rings is 3. The van der Waals surface area contributed by atoms with Gasteiger partial charge in [0.05, 0.1) is 23.4 Å². The van der Waals surface area contributed by atoms with Crippen molar-refractivity contribution in [3.8, 4) is 23.5 Å². The van der Waals surface area contributed by atoms with E-state index in [4.69, 9.17) is 22.8 Å². The van der Waals surface area contributed by atoms with Crippen molar-refractivity contribution in [3.05, 3.63) is 88.4 Å². The Balaban J connectivity index is 1.95. The molecule has 0 atom stereocenters. The molecule has 5 heteroatoms. The van der Waals surface area contributed by atoms with Crippen molar-refractivity contribution in [2.75, 3.05) is 12.4 Å². The average Bonchev–Trinajstić information content (AvgIpc) is 2.74. The molecular formula is C23H16ClNO3. The number of carbonyl (C=O) groups is 2. The van der Waals surface area contributed by atoms with Crippen LogP contribution < -0.4 is 5.32 Å². The van der Waals surface area contributed by atoms with Crippen molar-refractivity contribution in [1.29, 1.82) is 0 Å². The fraction of sp³-hybridized carbons (Fsp3) is 0.0435. The van der Waals surface area contributed by atoms with Gasteiger partial charge >= 0.3 is 5.97 Å². The van der Waals surface area contributed by atoms with Crippen molar-refractivity contribution < 1.29 is 14.3 Å². The van der Waals surface area contributed by atoms with Crippen LogP contribution in [0.4, 0.5) is 5.69 Å². The van der Waals surface area contributed by atoms with Crippen molar-refractivity contribution >= 4 is 29.2 Å². The Bertz CT molecular complexity index is 1080. The maximum absolute atomic E-state index is 12.8. The lowest BCUT2D eigenvalue weighted by Crippen LogP contribution is -2.16. The molecule has 0 radical (unpaired) electrons. The van der Waals surface area contributed by atoms with Gasteiger partial charge in [-0.1, -0.05) is 60.0 Å². The van der Waals surface area contributed by atoms with Gasteiger partial charge < -0.3 is 10.1 Å². The molecule has 3 aromatic rings. The van der Waals surface area contributed by atoms with E-state index in [1.807, 2.05) is 36.4 Å². The molecule has 4 nitrogen and oxygen atoms in total. The fourth-order valence-electron chi connectivity index (χ4n) is 2.73. The van der Waals surface area contributed by atoms with Crippen LogP contribution in [0, 0.1) is 12.3 Å². The number of anilines is 1. The van der Waals surface area contributed by atoms with E-state index in [1.54, 1.807) is 18.2 Å². The Labute approximate surface area is 168 Å². The molecule has 1 amide bonds. The second kappa shape index (κ2) is 8.43. The summed E-state index contributed by atoms with van der Waals surface area (Å²) in [5.74, 6) is 1.39. The minimum Gasteiger partial charge on any atom is -0.465 e. The van der Waals surface area contributed by atoms with Crippen LogP contribution in [0.5, 0.6) is 0 Å². The number of rotatable bonds is 4. The lowest BCUT2D eigenvalue weighted by Gasteiger charge is -2.12. The smallest absolute Gasteiger partial charge is 0.340 e. The van der Waals surface area contributed by atoms with Gasteiger partial charge in [0.2, 0.25) is 0 Å². The molecule has 0 saturated carbocycles. The van der Waals surface area contributed by atoms with Crippen molar-refractivity contribution in [2.45, 2.75) is 0 Å². The van der Waals surface area contributed by atoms with Crippen LogP contribution in [0.1, 0.15) is 26.3 Å². The maximum Gasteiger partial charge on any atom is 0.340 e. The van der Waals surface area contributed by atoms with E-state index in [1.165, 1.54) is 19.2 Å². The quantitative estimate of drug-likeness (QED) is 0.503. The van der Waals surface area contributed by atoms with Crippen molar-refractivity contribution in [3.63, 3.8) is 0 Å². The Kier molecular flexibility index (Phi) is 5.78. The lowest BCUT2D eigenvalue weighted by molar-refractivity contribution is 0.0602. The van der Waals surface area contributed by atoms with Crippen LogP contribution >= 0.6 is 11.6 Å². The predicted octanol–water partition coefficient (Wildman–Crippen LogP) is 5.03. The highest BCUT2D eigenvalue weighted by atomic mass is 35.5. The lowest BCUT2D eigenvalue weighted by atomic mass is 10.0. The number of hydrogen-bond donors (Lipinski definition) is 1. The molecule has 3 rings (SSSR count). The minimum absolute atomic E-state index is 0.132. The minimum atomic E-state index is -0.624. The molecule has 0 saturated heterocycles. The largest absolute Gasteiger partial charge is 0.465 e. The second-order valence-electron chi connectivity index (χ2n) is 5.91. The molecule has 3 aromatic carbocycles. The molecule has 0 fully saturated rings. The zero-order chi connectivity index (χ0) is 20.1. The van der Waals surface area contributed by atoms with Crippen LogP contribution in [0.2, 0.25) is 5.02 Å². The highest BCUT2D eigenvalue weighted by Gasteiger charge is 2.18. The fourth-order valence-corrected chi connectivity index (χ4v) is 2.95. The molecule has 138 valence electrons. The average molecular weight is 390 g/mol. The molecule has 0 aliphatic heterocycles. The highest BCUT2D eigenvalue weighted by molar-refractivity contribution is 6.32. The summed E-state index contributed by atoms with van der Waals surface area (Å²) in [7, 11) is 1.25. The Hall–Kier alpha value is -3.55. The number of hydrogen-bond acceptors (Lipinski definition) is 3. The van der Waals surface area contributed by atoms with Crippen LogP contribution in [0.25, 0.3) is 11.1 Å². The monoisotopic (exact) mass is 389 g/mol. The molecule has 0 aliphatic rings. The van der Waals surface area contributed by atoms with E-state index < -0.39 is 5.97 Å². The topological polar surface area (TPSA) is 55.4 Å². The number of terminal acetylenes is 1. The van der Waals surface area contributed by atoms with Gasteiger partial charge in [-0.05, 0) is 35.4 Å². The number of esters is 1. The van der Waals surface area contributed by atoms with E-state index in [0.717, 1.165) is 11.1 Å². The van der Waals surface area contributed by atoms with Gasteiger partial charge in [-0.2, -0.15) is 0 Å². The van der Waals surface area contributed by atoms with E-state index in [9.17, 15) is 9.59 Å². The number of amides is 1. The van der Waals surface area contributed by atoms with E-state index >= 15 is 0 Å². The third-order valence-electron chi connectivity index (χ3n) is 4.15. The molecule has 28 heavy (non-hydrogen) atoms. The standard InChI is InChI=1S/C23H16ClNO3/c1-3-15-13-19(23(27)28-2)21(14-20(15)24)25-22(26)18-11-7-10-17(12-18)16-8-5-4-6-9-16/h1,4-14H,2H3,(H,25,26). The molecule has 1 N–H and O–H groups in total. The van der Waals surface area contributed by atoms with E-state index in [0.29, 0.717) is 11.1 Å². The van der Waals surface area contributed by atoms with Crippen LogP contribution in [0.3, 0.4) is 0 Å². The molecule has 0 aromatic heterocycles. The number of nitrogens with one attached hydrogen (secondary N) is 1. The summed E-state index contributed by atoms with van der Waals surface area (Å²) in [6.07, 6.45) is 5.40. The zero-order valence-electron chi connectivity index (χ0n) is 15.0. The number of halogens is 1. The van der Waals surface area contributed by atoms with Gasteiger partial charge in [-0.25, -0.2) is 4.79 Å². The Morgan fingerprint density at radius 2 is 1.71 bits per heavy atom. The third-order valence-corrected chi connectivity index (χ3v) is 4.46. The summed E-state index contributed by atoms with van der Waals surface area (Å²) >= 11 is 6.14. The molecule has 0 heterocycles. The Morgan fingerprint density at radius 1 is 1.00 bits per heavy atom. The predicted molar refractivity (Wildman–Crippen MR) is 111 cm³/mol. The molecule has 0 aliphatic carbocycles. The van der Waals surface area contributed by atoms with Gasteiger partial charge in [0, 0.05) is 11.1 Å². The van der Waals surface area contributed by atoms with E-state index in [-0.39, 0.29) is 22.2 Å². The third kappa shape index (κ3) is 4.06. The summed E-state index contributed by atoms with van der Waals surface area (Å²) in [6.45, 7) is 0. The first-order valence-electron chi connectivity index (χ1n) is 8.39. The molecular weight excluding hydrogens is 374 g/mol. The zero-order valence-corrected chi connectivity index (χ0v) is 15.8. The summed E-state index contributed by atoms with van der Waals surface area (Å²) in [5.41, 5.74) is 3.04. The van der Waals surface area contributed by atoms with Gasteiger partial charge in [0.1, 0.15) is 0 Å². The first-order valence-corrected chi connectivity index (χ1v) is 8.76. The normalized spacial score (nSPS) is 10.0. The molecule has 0 unspecified atom stereocenters. The molecule has 0 spiro atoms. The SMILES string of the molecule is C#Cc1cc(C(=O)OC)c(NC(=O)c2cccc(-c3ccccc3)c2)cc1Cl. The summed E-state index contributed by atoms with van der Waals surface area (Å²) in [4.78, 5) is 24.9. The van der Waals surface area contributed by atoms with Crippen LogP contribution in [-0.4, -0.2) is 19.0 Å². The highest BCUT2D eigenvalue weighted by Crippen LogP contribution is 2.27. The maximum atomic E-state index is 12.8.